The van der Waals surface area contributed by atoms with Crippen LogP contribution in [0.1, 0.15) is 43.0 Å². The lowest BCUT2D eigenvalue weighted by molar-refractivity contribution is 0.0915. The van der Waals surface area contributed by atoms with Crippen LogP contribution in [0.15, 0.2) is 12.3 Å². The normalized spacial score (nSPS) is 29.4. The molecule has 2 fully saturated rings. The molecule has 0 spiro atoms. The standard InChI is InChI=1S/C15H18Cl2N2O/c1-8(12-5-9-2-3-10(12)4-9)19-15(20)11-6-13(16)14(17)18-7-11/h6-10,12H,2-5H2,1H3,(H,19,20). The van der Waals surface area contributed by atoms with Crippen LogP contribution in [0.2, 0.25) is 10.2 Å². The van der Waals surface area contributed by atoms with Gasteiger partial charge < -0.3 is 5.32 Å². The minimum Gasteiger partial charge on any atom is -0.349 e. The average Bonchev–Trinajstić information content (AvgIpc) is 3.04. The number of hydrogen-bond acceptors (Lipinski definition) is 2. The molecule has 2 bridgehead atoms. The zero-order chi connectivity index (χ0) is 14.3. The number of hydrogen-bond donors (Lipinski definition) is 1. The smallest absolute Gasteiger partial charge is 0.253 e. The Labute approximate surface area is 129 Å². The van der Waals surface area contributed by atoms with E-state index in [0.29, 0.717) is 16.5 Å². The average molecular weight is 313 g/mol. The summed E-state index contributed by atoms with van der Waals surface area (Å²) in [7, 11) is 0. The van der Waals surface area contributed by atoms with Gasteiger partial charge >= 0.3 is 0 Å². The summed E-state index contributed by atoms with van der Waals surface area (Å²) in [5.74, 6) is 2.18. The summed E-state index contributed by atoms with van der Waals surface area (Å²) in [6.45, 7) is 2.11. The van der Waals surface area contributed by atoms with Crippen molar-refractivity contribution in [2.24, 2.45) is 17.8 Å². The number of halogens is 2. The van der Waals surface area contributed by atoms with E-state index in [1.54, 1.807) is 6.07 Å². The molecule has 5 heteroatoms. The van der Waals surface area contributed by atoms with Crippen LogP contribution in [-0.4, -0.2) is 16.9 Å². The zero-order valence-electron chi connectivity index (χ0n) is 11.4. The zero-order valence-corrected chi connectivity index (χ0v) is 12.9. The summed E-state index contributed by atoms with van der Waals surface area (Å²) >= 11 is 11.7. The third kappa shape index (κ3) is 2.66. The summed E-state index contributed by atoms with van der Waals surface area (Å²) in [5, 5.41) is 3.63. The molecule has 2 aliphatic carbocycles. The fourth-order valence-electron chi connectivity index (χ4n) is 3.85. The lowest BCUT2D eigenvalue weighted by atomic mass is 9.84. The number of amides is 1. The largest absolute Gasteiger partial charge is 0.349 e. The maximum Gasteiger partial charge on any atom is 0.253 e. The highest BCUT2D eigenvalue weighted by atomic mass is 35.5. The molecular weight excluding hydrogens is 295 g/mol. The molecule has 3 rings (SSSR count). The first kappa shape index (κ1) is 14.2. The van der Waals surface area contributed by atoms with Crippen molar-refractivity contribution in [2.45, 2.75) is 38.6 Å². The number of pyridine rings is 1. The van der Waals surface area contributed by atoms with Crippen LogP contribution in [0.5, 0.6) is 0 Å². The highest BCUT2D eigenvalue weighted by Crippen LogP contribution is 2.49. The van der Waals surface area contributed by atoms with Gasteiger partial charge in [-0.25, -0.2) is 4.98 Å². The molecule has 1 N–H and O–H groups in total. The first-order chi connectivity index (χ1) is 9.54. The number of aromatic nitrogens is 1. The van der Waals surface area contributed by atoms with Gasteiger partial charge in [0.1, 0.15) is 5.15 Å². The molecule has 2 saturated carbocycles. The third-order valence-electron chi connectivity index (χ3n) is 4.85. The summed E-state index contributed by atoms with van der Waals surface area (Å²) in [6.07, 6.45) is 6.77. The quantitative estimate of drug-likeness (QED) is 0.859. The minimum atomic E-state index is -0.119. The van der Waals surface area contributed by atoms with Crippen LogP contribution in [0.25, 0.3) is 0 Å². The maximum absolute atomic E-state index is 12.2. The molecule has 3 nitrogen and oxygen atoms in total. The molecule has 4 atom stereocenters. The molecule has 1 aromatic rings. The van der Waals surface area contributed by atoms with E-state index in [-0.39, 0.29) is 17.1 Å². The van der Waals surface area contributed by atoms with Gasteiger partial charge in [-0.1, -0.05) is 29.6 Å². The number of carbonyl (C=O) groups is 1. The highest BCUT2D eigenvalue weighted by Gasteiger charge is 2.42. The Balaban J connectivity index is 1.65. The maximum atomic E-state index is 12.2. The number of nitrogens with one attached hydrogen (secondary N) is 1. The van der Waals surface area contributed by atoms with Gasteiger partial charge in [0.05, 0.1) is 10.6 Å². The Hall–Kier alpha value is -0.800. The molecule has 4 unspecified atom stereocenters. The second-order valence-corrected chi connectivity index (χ2v) is 6.86. The van der Waals surface area contributed by atoms with Crippen LogP contribution in [0, 0.1) is 17.8 Å². The number of nitrogens with zero attached hydrogens (tertiary/aromatic N) is 1. The van der Waals surface area contributed by atoms with E-state index in [0.717, 1.165) is 11.8 Å². The number of rotatable bonds is 3. The molecule has 1 amide bonds. The summed E-state index contributed by atoms with van der Waals surface area (Å²) in [5.41, 5.74) is 0.467. The second kappa shape index (κ2) is 5.53. The van der Waals surface area contributed by atoms with E-state index >= 15 is 0 Å². The minimum absolute atomic E-state index is 0.119. The van der Waals surface area contributed by atoms with Crippen molar-refractivity contribution in [3.05, 3.63) is 28.0 Å². The van der Waals surface area contributed by atoms with E-state index < -0.39 is 0 Å². The highest BCUT2D eigenvalue weighted by molar-refractivity contribution is 6.41. The van der Waals surface area contributed by atoms with Gasteiger partial charge in [-0.3, -0.25) is 4.79 Å². The van der Waals surface area contributed by atoms with Gasteiger partial charge in [0.25, 0.3) is 5.91 Å². The summed E-state index contributed by atoms with van der Waals surface area (Å²) < 4.78 is 0. The summed E-state index contributed by atoms with van der Waals surface area (Å²) in [6, 6.07) is 1.77. The predicted molar refractivity (Wildman–Crippen MR) is 80.1 cm³/mol. The first-order valence-electron chi connectivity index (χ1n) is 7.16. The van der Waals surface area contributed by atoms with Crippen molar-refractivity contribution in [1.82, 2.24) is 10.3 Å². The van der Waals surface area contributed by atoms with Crippen LogP contribution in [-0.2, 0) is 0 Å². The van der Waals surface area contributed by atoms with Gasteiger partial charge in [0.15, 0.2) is 0 Å². The summed E-state index contributed by atoms with van der Waals surface area (Å²) in [4.78, 5) is 16.1. The number of carbonyl (C=O) groups excluding carboxylic acids is 1. The fraction of sp³-hybridized carbons (Fsp3) is 0.600. The van der Waals surface area contributed by atoms with Crippen LogP contribution in [0.4, 0.5) is 0 Å². The monoisotopic (exact) mass is 312 g/mol. The van der Waals surface area contributed by atoms with Crippen LogP contribution < -0.4 is 5.32 Å². The van der Waals surface area contributed by atoms with Gasteiger partial charge in [-0.2, -0.15) is 0 Å². The van der Waals surface area contributed by atoms with Crippen molar-refractivity contribution in [3.8, 4) is 0 Å². The van der Waals surface area contributed by atoms with E-state index in [9.17, 15) is 4.79 Å². The molecule has 2 aliphatic rings. The molecule has 0 saturated heterocycles. The molecule has 1 aromatic heterocycles. The molecule has 0 aromatic carbocycles. The fourth-order valence-corrected chi connectivity index (χ4v) is 4.12. The molecule has 0 radical (unpaired) electrons. The van der Waals surface area contributed by atoms with E-state index in [2.05, 4.69) is 17.2 Å². The van der Waals surface area contributed by atoms with Gasteiger partial charge in [-0.15, -0.1) is 0 Å². The molecule has 1 heterocycles. The molecule has 0 aliphatic heterocycles. The first-order valence-corrected chi connectivity index (χ1v) is 7.92. The molecular formula is C15H18Cl2N2O. The molecule has 108 valence electrons. The Morgan fingerprint density at radius 3 is 2.80 bits per heavy atom. The van der Waals surface area contributed by atoms with E-state index in [1.165, 1.54) is 31.9 Å². The lowest BCUT2D eigenvalue weighted by Gasteiger charge is -2.28. The van der Waals surface area contributed by atoms with Gasteiger partial charge in [0.2, 0.25) is 0 Å². The Morgan fingerprint density at radius 1 is 1.40 bits per heavy atom. The Morgan fingerprint density at radius 2 is 2.20 bits per heavy atom. The van der Waals surface area contributed by atoms with Gasteiger partial charge in [0, 0.05) is 12.2 Å². The second-order valence-electron chi connectivity index (χ2n) is 6.10. The van der Waals surface area contributed by atoms with Crippen molar-refractivity contribution < 1.29 is 4.79 Å². The van der Waals surface area contributed by atoms with Gasteiger partial charge in [-0.05, 0) is 50.0 Å². The lowest BCUT2D eigenvalue weighted by Crippen LogP contribution is -2.40. The third-order valence-corrected chi connectivity index (χ3v) is 5.54. The SMILES string of the molecule is CC(NC(=O)c1cnc(Cl)c(Cl)c1)C1CC2CCC1C2. The molecule has 20 heavy (non-hydrogen) atoms. The van der Waals surface area contributed by atoms with Crippen LogP contribution in [0.3, 0.4) is 0 Å². The van der Waals surface area contributed by atoms with E-state index in [1.807, 2.05) is 0 Å². The van der Waals surface area contributed by atoms with Crippen molar-refractivity contribution in [3.63, 3.8) is 0 Å². The van der Waals surface area contributed by atoms with Crippen molar-refractivity contribution in [1.29, 1.82) is 0 Å². The topological polar surface area (TPSA) is 42.0 Å². The Bertz CT molecular complexity index is 535. The van der Waals surface area contributed by atoms with Crippen molar-refractivity contribution >= 4 is 29.1 Å². The predicted octanol–water partition coefficient (Wildman–Crippen LogP) is 3.94. The van der Waals surface area contributed by atoms with Crippen molar-refractivity contribution in [2.75, 3.05) is 0 Å². The Kier molecular flexibility index (Phi) is 3.91. The van der Waals surface area contributed by atoms with E-state index in [4.69, 9.17) is 23.2 Å². The van der Waals surface area contributed by atoms with Crippen LogP contribution >= 0.6 is 23.2 Å². The number of fused-ring (bicyclic) bond motifs is 2.